The average Bonchev–Trinajstić information content (AvgIpc) is 2.15. The molecule has 4 heteroatoms. The first-order valence-electron chi connectivity index (χ1n) is 4.98. The zero-order valence-electron chi connectivity index (χ0n) is 8.61. The van der Waals surface area contributed by atoms with Crippen LogP contribution in [0.3, 0.4) is 0 Å². The lowest BCUT2D eigenvalue weighted by atomic mass is 10.1. The number of hydrogen-bond donors (Lipinski definition) is 1. The Morgan fingerprint density at radius 2 is 2.20 bits per heavy atom. The Kier molecular flexibility index (Phi) is 3.29. The first-order valence-corrected chi connectivity index (χ1v) is 5.77. The molecule has 1 heterocycles. The van der Waals surface area contributed by atoms with Gasteiger partial charge in [-0.05, 0) is 40.0 Å². The van der Waals surface area contributed by atoms with Crippen molar-refractivity contribution in [1.29, 1.82) is 0 Å². The van der Waals surface area contributed by atoms with Crippen molar-refractivity contribution in [3.63, 3.8) is 0 Å². The number of nitrogens with zero attached hydrogens (tertiary/aromatic N) is 1. The van der Waals surface area contributed by atoms with E-state index in [0.717, 1.165) is 28.9 Å². The van der Waals surface area contributed by atoms with Crippen LogP contribution in [0.25, 0.3) is 0 Å². The van der Waals surface area contributed by atoms with E-state index in [1.807, 2.05) is 23.1 Å². The van der Waals surface area contributed by atoms with Crippen molar-refractivity contribution in [3.8, 4) is 5.75 Å². The molecule has 1 atom stereocenters. The second-order valence-corrected chi connectivity index (χ2v) is 4.51. The van der Waals surface area contributed by atoms with E-state index in [-0.39, 0.29) is 0 Å². The van der Waals surface area contributed by atoms with E-state index in [0.29, 0.717) is 0 Å². The molecule has 0 amide bonds. The van der Waals surface area contributed by atoms with Crippen LogP contribution in [0.5, 0.6) is 5.75 Å². The zero-order valence-corrected chi connectivity index (χ0v) is 10.2. The molecular formula is C11H14BrNO2. The van der Waals surface area contributed by atoms with Gasteiger partial charge in [-0.15, -0.1) is 0 Å². The number of ether oxygens (including phenoxy) is 1. The Morgan fingerprint density at radius 3 is 2.73 bits per heavy atom. The summed E-state index contributed by atoms with van der Waals surface area (Å²) in [5, 5.41) is 10.0. The summed E-state index contributed by atoms with van der Waals surface area (Å²) in [4.78, 5) is 2.03. The van der Waals surface area contributed by atoms with Crippen molar-refractivity contribution < 1.29 is 9.84 Å². The van der Waals surface area contributed by atoms with E-state index in [2.05, 4.69) is 15.9 Å². The molecule has 0 radical (unpaired) electrons. The Labute approximate surface area is 97.8 Å². The van der Waals surface area contributed by atoms with Crippen molar-refractivity contribution in [1.82, 2.24) is 4.90 Å². The molecule has 0 saturated carbocycles. The van der Waals surface area contributed by atoms with Gasteiger partial charge in [-0.2, -0.15) is 0 Å². The highest BCUT2D eigenvalue weighted by atomic mass is 79.9. The van der Waals surface area contributed by atoms with Crippen molar-refractivity contribution in [2.75, 3.05) is 20.2 Å². The summed E-state index contributed by atoms with van der Waals surface area (Å²) in [7, 11) is 1.62. The van der Waals surface area contributed by atoms with Gasteiger partial charge in [0.05, 0.1) is 11.6 Å². The molecule has 1 aliphatic heterocycles. The molecule has 1 aromatic rings. The highest BCUT2D eigenvalue weighted by molar-refractivity contribution is 9.10. The van der Waals surface area contributed by atoms with Gasteiger partial charge in [-0.3, -0.25) is 4.90 Å². The van der Waals surface area contributed by atoms with E-state index in [4.69, 9.17) is 4.74 Å². The molecule has 2 rings (SSSR count). The maximum absolute atomic E-state index is 10.0. The summed E-state index contributed by atoms with van der Waals surface area (Å²) in [5.74, 6) is 0.757. The Bertz CT molecular complexity index is 352. The van der Waals surface area contributed by atoms with Gasteiger partial charge in [0.1, 0.15) is 12.0 Å². The van der Waals surface area contributed by atoms with Gasteiger partial charge in [0.25, 0.3) is 0 Å². The Morgan fingerprint density at radius 1 is 1.47 bits per heavy atom. The van der Waals surface area contributed by atoms with E-state index < -0.39 is 6.23 Å². The van der Waals surface area contributed by atoms with Gasteiger partial charge in [-0.25, -0.2) is 0 Å². The van der Waals surface area contributed by atoms with Gasteiger partial charge in [0.2, 0.25) is 0 Å². The normalized spacial score (nSPS) is 18.3. The number of methoxy groups -OCH3 is 1. The first-order chi connectivity index (χ1) is 7.22. The summed E-state index contributed by atoms with van der Waals surface area (Å²) < 4.78 is 6.10. The molecule has 1 N–H and O–H groups in total. The lowest BCUT2D eigenvalue weighted by Gasteiger charge is -2.35. The molecule has 1 saturated heterocycles. The second-order valence-electron chi connectivity index (χ2n) is 3.66. The molecule has 0 spiro atoms. The van der Waals surface area contributed by atoms with E-state index in [1.165, 1.54) is 6.42 Å². The first kappa shape index (κ1) is 10.9. The van der Waals surface area contributed by atoms with Gasteiger partial charge in [0.15, 0.2) is 0 Å². The maximum Gasteiger partial charge on any atom is 0.133 e. The molecular weight excluding hydrogens is 258 g/mol. The maximum atomic E-state index is 10.0. The van der Waals surface area contributed by atoms with Gasteiger partial charge in [-0.1, -0.05) is 6.07 Å². The predicted molar refractivity (Wildman–Crippen MR) is 61.8 cm³/mol. The van der Waals surface area contributed by atoms with Crippen molar-refractivity contribution >= 4 is 15.9 Å². The minimum absolute atomic E-state index is 0.499. The third-order valence-corrected chi connectivity index (χ3v) is 3.36. The van der Waals surface area contributed by atoms with Crippen LogP contribution in [0.2, 0.25) is 0 Å². The van der Waals surface area contributed by atoms with Crippen LogP contribution in [0.4, 0.5) is 0 Å². The summed E-state index contributed by atoms with van der Waals surface area (Å²) in [6, 6.07) is 5.68. The monoisotopic (exact) mass is 271 g/mol. The van der Waals surface area contributed by atoms with Gasteiger partial charge < -0.3 is 9.84 Å². The van der Waals surface area contributed by atoms with Crippen LogP contribution in [0.15, 0.2) is 22.7 Å². The summed E-state index contributed by atoms with van der Waals surface area (Å²) in [6.07, 6.45) is 0.672. The lowest BCUT2D eigenvalue weighted by Crippen LogP contribution is -2.40. The minimum atomic E-state index is -0.499. The molecule has 1 aromatic carbocycles. The number of hydrogen-bond acceptors (Lipinski definition) is 3. The van der Waals surface area contributed by atoms with Gasteiger partial charge >= 0.3 is 0 Å². The highest BCUT2D eigenvalue weighted by Gasteiger charge is 2.23. The molecule has 82 valence electrons. The van der Waals surface area contributed by atoms with Crippen LogP contribution in [0.1, 0.15) is 18.2 Å². The van der Waals surface area contributed by atoms with E-state index in [1.54, 1.807) is 7.11 Å². The van der Waals surface area contributed by atoms with E-state index in [9.17, 15) is 5.11 Å². The second kappa shape index (κ2) is 4.51. The minimum Gasteiger partial charge on any atom is -0.496 e. The van der Waals surface area contributed by atoms with E-state index >= 15 is 0 Å². The summed E-state index contributed by atoms with van der Waals surface area (Å²) >= 11 is 3.39. The number of benzene rings is 1. The Hall–Kier alpha value is -0.580. The van der Waals surface area contributed by atoms with Crippen LogP contribution in [0, 0.1) is 0 Å². The lowest BCUT2D eigenvalue weighted by molar-refractivity contribution is -0.0366. The van der Waals surface area contributed by atoms with Crippen LogP contribution >= 0.6 is 15.9 Å². The number of aliphatic hydroxyl groups excluding tert-OH is 1. The molecule has 1 unspecified atom stereocenters. The third-order valence-electron chi connectivity index (χ3n) is 2.71. The van der Waals surface area contributed by atoms with Crippen molar-refractivity contribution in [3.05, 3.63) is 28.2 Å². The Balaban J connectivity index is 2.20. The summed E-state index contributed by atoms with van der Waals surface area (Å²) in [6.45, 7) is 1.94. The fraction of sp³-hybridized carbons (Fsp3) is 0.455. The standard InChI is InChI=1S/C11H14BrNO2/c1-15-10-7-8(3-4-9(10)12)11(14)13-5-2-6-13/h3-4,7,11,14H,2,5-6H2,1H3. The summed E-state index contributed by atoms with van der Waals surface area (Å²) in [5.41, 5.74) is 0.884. The highest BCUT2D eigenvalue weighted by Crippen LogP contribution is 2.30. The molecule has 0 aliphatic carbocycles. The number of halogens is 1. The number of aliphatic hydroxyl groups is 1. The molecule has 3 nitrogen and oxygen atoms in total. The van der Waals surface area contributed by atoms with Crippen molar-refractivity contribution in [2.24, 2.45) is 0 Å². The zero-order chi connectivity index (χ0) is 10.8. The third kappa shape index (κ3) is 2.17. The smallest absolute Gasteiger partial charge is 0.133 e. The van der Waals surface area contributed by atoms with Gasteiger partial charge in [0, 0.05) is 13.1 Å². The van der Waals surface area contributed by atoms with Crippen LogP contribution in [-0.4, -0.2) is 30.2 Å². The number of likely N-dealkylation sites (tertiary alicyclic amines) is 1. The number of rotatable bonds is 3. The fourth-order valence-electron chi connectivity index (χ4n) is 1.63. The molecule has 0 bridgehead atoms. The topological polar surface area (TPSA) is 32.7 Å². The predicted octanol–water partition coefficient (Wildman–Crippen LogP) is 2.15. The molecule has 1 aliphatic rings. The molecule has 15 heavy (non-hydrogen) atoms. The SMILES string of the molecule is COc1cc(C(O)N2CCC2)ccc1Br. The van der Waals surface area contributed by atoms with Crippen LogP contribution < -0.4 is 4.74 Å². The largest absolute Gasteiger partial charge is 0.496 e. The fourth-order valence-corrected chi connectivity index (χ4v) is 2.04. The quantitative estimate of drug-likeness (QED) is 0.915. The average molecular weight is 272 g/mol. The van der Waals surface area contributed by atoms with Crippen molar-refractivity contribution in [2.45, 2.75) is 12.6 Å². The van der Waals surface area contributed by atoms with Crippen LogP contribution in [-0.2, 0) is 0 Å². The molecule has 0 aromatic heterocycles. The molecule has 1 fully saturated rings.